The number of carbonyl (C=O) groups excluding carboxylic acids is 2. The van der Waals surface area contributed by atoms with Crippen LogP contribution in [0.25, 0.3) is 11.1 Å². The number of methoxy groups -OCH3 is 1. The van der Waals surface area contributed by atoms with Gasteiger partial charge >= 0.3 is 12.1 Å². The van der Waals surface area contributed by atoms with Crippen LogP contribution in [0.3, 0.4) is 0 Å². The SMILES string of the molecule is COC[C@H](NC(=O)OCC1c2ccccc2-c2ccccc21)C(=O)N1CCCC[C@H]1C(=O)O. The van der Waals surface area contributed by atoms with Gasteiger partial charge in [-0.3, -0.25) is 4.79 Å². The number of fused-ring (bicyclic) bond motifs is 3. The Balaban J connectivity index is 1.43. The van der Waals surface area contributed by atoms with Crippen LogP contribution in [0.4, 0.5) is 4.79 Å². The summed E-state index contributed by atoms with van der Waals surface area (Å²) in [6.07, 6.45) is 1.12. The summed E-state index contributed by atoms with van der Waals surface area (Å²) in [4.78, 5) is 38.6. The number of alkyl carbamates (subject to hydrolysis) is 1. The van der Waals surface area contributed by atoms with Gasteiger partial charge in [-0.15, -0.1) is 0 Å². The second-order valence-electron chi connectivity index (χ2n) is 8.36. The van der Waals surface area contributed by atoms with Crippen molar-refractivity contribution in [2.45, 2.75) is 37.3 Å². The molecule has 2 aromatic carbocycles. The number of carboxylic acid groups (broad SMARTS) is 1. The molecule has 33 heavy (non-hydrogen) atoms. The smallest absolute Gasteiger partial charge is 0.407 e. The minimum absolute atomic E-state index is 0.0775. The molecule has 2 aromatic rings. The van der Waals surface area contributed by atoms with E-state index in [2.05, 4.69) is 17.4 Å². The van der Waals surface area contributed by atoms with Gasteiger partial charge in [0.05, 0.1) is 6.61 Å². The third-order valence-corrected chi connectivity index (χ3v) is 6.34. The lowest BCUT2D eigenvalue weighted by Crippen LogP contribution is -2.56. The predicted octanol–water partition coefficient (Wildman–Crippen LogP) is 3.01. The number of hydrogen-bond donors (Lipinski definition) is 2. The van der Waals surface area contributed by atoms with Crippen LogP contribution in [-0.2, 0) is 19.1 Å². The van der Waals surface area contributed by atoms with Gasteiger partial charge in [-0.25, -0.2) is 9.59 Å². The zero-order chi connectivity index (χ0) is 23.4. The van der Waals surface area contributed by atoms with Crippen molar-refractivity contribution in [3.63, 3.8) is 0 Å². The standard InChI is InChI=1S/C25H28N2O6/c1-32-15-21(23(28)27-13-7-6-12-22(27)24(29)30)26-25(31)33-14-20-18-10-4-2-8-16(18)17-9-3-5-11-19(17)20/h2-5,8-11,20-22H,6-7,12-15H2,1H3,(H,26,31)(H,29,30)/t21-,22-/m0/s1. The third-order valence-electron chi connectivity index (χ3n) is 6.34. The highest BCUT2D eigenvalue weighted by Gasteiger charge is 2.36. The summed E-state index contributed by atoms with van der Waals surface area (Å²) in [6.45, 7) is 0.378. The Kier molecular flexibility index (Phi) is 6.93. The molecule has 1 saturated heterocycles. The average molecular weight is 453 g/mol. The maximum Gasteiger partial charge on any atom is 0.407 e. The number of piperidine rings is 1. The summed E-state index contributed by atoms with van der Waals surface area (Å²) in [6, 6.07) is 14.1. The molecule has 0 spiro atoms. The zero-order valence-corrected chi connectivity index (χ0v) is 18.5. The molecule has 8 nitrogen and oxygen atoms in total. The Morgan fingerprint density at radius 2 is 1.70 bits per heavy atom. The molecule has 2 atom stereocenters. The van der Waals surface area contributed by atoms with Gasteiger partial charge in [0.15, 0.2) is 0 Å². The topological polar surface area (TPSA) is 105 Å². The molecule has 1 heterocycles. The van der Waals surface area contributed by atoms with E-state index in [1.54, 1.807) is 0 Å². The highest BCUT2D eigenvalue weighted by Crippen LogP contribution is 2.44. The molecule has 2 aliphatic rings. The van der Waals surface area contributed by atoms with E-state index >= 15 is 0 Å². The largest absolute Gasteiger partial charge is 0.480 e. The van der Waals surface area contributed by atoms with Crippen LogP contribution in [0.5, 0.6) is 0 Å². The highest BCUT2D eigenvalue weighted by molar-refractivity contribution is 5.89. The summed E-state index contributed by atoms with van der Waals surface area (Å²) < 4.78 is 10.7. The lowest BCUT2D eigenvalue weighted by molar-refractivity contribution is -0.153. The van der Waals surface area contributed by atoms with Crippen molar-refractivity contribution < 1.29 is 29.0 Å². The fourth-order valence-corrected chi connectivity index (χ4v) is 4.78. The number of carbonyl (C=O) groups is 3. The number of rotatable bonds is 7. The number of nitrogens with zero attached hydrogens (tertiary/aromatic N) is 1. The molecule has 0 bridgehead atoms. The predicted molar refractivity (Wildman–Crippen MR) is 121 cm³/mol. The number of ether oxygens (including phenoxy) is 2. The molecule has 1 aliphatic heterocycles. The fourth-order valence-electron chi connectivity index (χ4n) is 4.78. The van der Waals surface area contributed by atoms with Crippen LogP contribution in [0, 0.1) is 0 Å². The maximum atomic E-state index is 13.0. The quantitative estimate of drug-likeness (QED) is 0.669. The molecular weight excluding hydrogens is 424 g/mol. The Bertz CT molecular complexity index is 994. The van der Waals surface area contributed by atoms with Gasteiger partial charge in [0, 0.05) is 19.6 Å². The minimum Gasteiger partial charge on any atom is -0.480 e. The van der Waals surface area contributed by atoms with E-state index in [9.17, 15) is 19.5 Å². The lowest BCUT2D eigenvalue weighted by atomic mass is 9.98. The van der Waals surface area contributed by atoms with Crippen LogP contribution in [0.15, 0.2) is 48.5 Å². The second kappa shape index (κ2) is 10.0. The zero-order valence-electron chi connectivity index (χ0n) is 18.5. The molecule has 4 rings (SSSR count). The third kappa shape index (κ3) is 4.71. The summed E-state index contributed by atoms with van der Waals surface area (Å²) in [7, 11) is 1.42. The molecule has 1 aliphatic carbocycles. The Morgan fingerprint density at radius 3 is 2.30 bits per heavy atom. The average Bonchev–Trinajstić information content (AvgIpc) is 3.15. The van der Waals surface area contributed by atoms with Crippen LogP contribution < -0.4 is 5.32 Å². The van der Waals surface area contributed by atoms with Crippen molar-refractivity contribution in [2.24, 2.45) is 0 Å². The minimum atomic E-state index is -1.04. The first-order valence-electron chi connectivity index (χ1n) is 11.1. The first-order valence-corrected chi connectivity index (χ1v) is 11.1. The number of aliphatic carboxylic acids is 1. The summed E-state index contributed by atoms with van der Waals surface area (Å²) in [5, 5.41) is 12.1. The number of likely N-dealkylation sites (tertiary alicyclic amines) is 1. The molecule has 0 saturated carbocycles. The molecule has 2 N–H and O–H groups in total. The number of carboxylic acids is 1. The molecule has 2 amide bonds. The van der Waals surface area contributed by atoms with Gasteiger partial charge in [-0.05, 0) is 41.5 Å². The highest BCUT2D eigenvalue weighted by atomic mass is 16.5. The first-order chi connectivity index (χ1) is 16.0. The number of amides is 2. The molecule has 1 fully saturated rings. The summed E-state index contributed by atoms with van der Waals surface area (Å²) in [5.74, 6) is -1.61. The first kappa shape index (κ1) is 22.8. The molecular formula is C25H28N2O6. The van der Waals surface area contributed by atoms with Crippen molar-refractivity contribution in [1.29, 1.82) is 0 Å². The molecule has 8 heteroatoms. The number of benzene rings is 2. The van der Waals surface area contributed by atoms with Crippen molar-refractivity contribution >= 4 is 18.0 Å². The van der Waals surface area contributed by atoms with Crippen molar-refractivity contribution in [1.82, 2.24) is 10.2 Å². The maximum absolute atomic E-state index is 13.0. The van der Waals surface area contributed by atoms with Crippen molar-refractivity contribution in [3.8, 4) is 11.1 Å². The number of hydrogen-bond acceptors (Lipinski definition) is 5. The van der Waals surface area contributed by atoms with Gasteiger partial charge < -0.3 is 24.8 Å². The van der Waals surface area contributed by atoms with E-state index in [4.69, 9.17) is 9.47 Å². The van der Waals surface area contributed by atoms with Gasteiger partial charge in [0.2, 0.25) is 5.91 Å². The molecule has 0 radical (unpaired) electrons. The fraction of sp³-hybridized carbons (Fsp3) is 0.400. The van der Waals surface area contributed by atoms with E-state index in [1.807, 2.05) is 36.4 Å². The summed E-state index contributed by atoms with van der Waals surface area (Å²) in [5.41, 5.74) is 4.43. The Hall–Kier alpha value is -3.39. The van der Waals surface area contributed by atoms with Crippen LogP contribution >= 0.6 is 0 Å². The normalized spacial score (nSPS) is 18.2. The molecule has 0 unspecified atom stereocenters. The van der Waals surface area contributed by atoms with E-state index in [1.165, 1.54) is 12.0 Å². The Morgan fingerprint density at radius 1 is 1.06 bits per heavy atom. The second-order valence-corrected chi connectivity index (χ2v) is 8.36. The lowest BCUT2D eigenvalue weighted by Gasteiger charge is -2.35. The van der Waals surface area contributed by atoms with Crippen molar-refractivity contribution in [2.75, 3.05) is 26.9 Å². The summed E-state index contributed by atoms with van der Waals surface area (Å²) >= 11 is 0. The van der Waals surface area contributed by atoms with Crippen molar-refractivity contribution in [3.05, 3.63) is 59.7 Å². The monoisotopic (exact) mass is 452 g/mol. The van der Waals surface area contributed by atoms with E-state index in [-0.39, 0.29) is 19.1 Å². The van der Waals surface area contributed by atoms with Gasteiger partial charge in [-0.2, -0.15) is 0 Å². The Labute approximate surface area is 192 Å². The van der Waals surface area contributed by atoms with Gasteiger partial charge in [0.1, 0.15) is 18.7 Å². The van der Waals surface area contributed by atoms with E-state index < -0.39 is 30.1 Å². The van der Waals surface area contributed by atoms with E-state index in [0.29, 0.717) is 13.0 Å². The number of nitrogens with one attached hydrogen (secondary N) is 1. The van der Waals surface area contributed by atoms with Crippen LogP contribution in [0.2, 0.25) is 0 Å². The van der Waals surface area contributed by atoms with Gasteiger partial charge in [0.25, 0.3) is 0 Å². The molecule has 174 valence electrons. The van der Waals surface area contributed by atoms with E-state index in [0.717, 1.165) is 35.1 Å². The van der Waals surface area contributed by atoms with Crippen LogP contribution in [0.1, 0.15) is 36.3 Å². The van der Waals surface area contributed by atoms with Gasteiger partial charge in [-0.1, -0.05) is 48.5 Å². The van der Waals surface area contributed by atoms with Crippen LogP contribution in [-0.4, -0.2) is 66.9 Å². The molecule has 0 aromatic heterocycles.